The summed E-state index contributed by atoms with van der Waals surface area (Å²) >= 11 is 0. The second-order valence-electron chi connectivity index (χ2n) is 6.35. The molecule has 0 saturated carbocycles. The van der Waals surface area contributed by atoms with Crippen LogP contribution in [0.3, 0.4) is 0 Å². The number of rotatable bonds is 4. The van der Waals surface area contributed by atoms with Gasteiger partial charge in [0.2, 0.25) is 0 Å². The van der Waals surface area contributed by atoms with Crippen molar-refractivity contribution in [3.63, 3.8) is 0 Å². The predicted molar refractivity (Wildman–Crippen MR) is 95.0 cm³/mol. The van der Waals surface area contributed by atoms with Crippen LogP contribution in [0, 0.1) is 11.6 Å². The Kier molecular flexibility index (Phi) is 4.55. The molecular weight excluding hydrogens is 374 g/mol. The van der Waals surface area contributed by atoms with E-state index in [2.05, 4.69) is 10.3 Å². The van der Waals surface area contributed by atoms with Gasteiger partial charge in [-0.05, 0) is 24.3 Å². The number of amides is 3. The third kappa shape index (κ3) is 3.01. The number of hydrogen-bond acceptors (Lipinski definition) is 5. The molecule has 3 heterocycles. The van der Waals surface area contributed by atoms with Gasteiger partial charge < -0.3 is 15.2 Å². The number of aliphatic hydroxyl groups excluding tert-OH is 1. The number of halogens is 2. The van der Waals surface area contributed by atoms with Crippen LogP contribution in [0.1, 0.15) is 0 Å². The highest BCUT2D eigenvalue weighted by atomic mass is 19.2. The molecule has 10 heteroatoms. The SMILES string of the molecule is O=C1NCCN1c1ccc(-c2ccc(N3CC(CO)OC3=O)c(F)c2F)cn1. The Hall–Kier alpha value is -3.27. The topological polar surface area (TPSA) is 95.0 Å². The highest BCUT2D eigenvalue weighted by Gasteiger charge is 2.34. The maximum atomic E-state index is 14.7. The number of carbonyl (C=O) groups excluding carboxylic acids is 2. The van der Waals surface area contributed by atoms with Gasteiger partial charge in [0.05, 0.1) is 18.8 Å². The fourth-order valence-corrected chi connectivity index (χ4v) is 3.18. The number of nitrogens with zero attached hydrogens (tertiary/aromatic N) is 3. The van der Waals surface area contributed by atoms with Gasteiger partial charge in [-0.2, -0.15) is 0 Å². The van der Waals surface area contributed by atoms with Crippen LogP contribution in [-0.4, -0.2) is 54.6 Å². The zero-order valence-corrected chi connectivity index (χ0v) is 14.6. The first-order valence-electron chi connectivity index (χ1n) is 8.58. The van der Waals surface area contributed by atoms with E-state index in [-0.39, 0.29) is 23.8 Å². The molecule has 0 radical (unpaired) electrons. The van der Waals surface area contributed by atoms with Crippen LogP contribution in [0.5, 0.6) is 0 Å². The summed E-state index contributed by atoms with van der Waals surface area (Å²) in [4.78, 5) is 30.0. The highest BCUT2D eigenvalue weighted by molar-refractivity contribution is 5.93. The lowest BCUT2D eigenvalue weighted by atomic mass is 10.1. The van der Waals surface area contributed by atoms with E-state index in [1.807, 2.05) is 0 Å². The number of cyclic esters (lactones) is 1. The lowest BCUT2D eigenvalue weighted by Crippen LogP contribution is -2.28. The molecule has 28 heavy (non-hydrogen) atoms. The van der Waals surface area contributed by atoms with Gasteiger partial charge in [0.15, 0.2) is 11.6 Å². The van der Waals surface area contributed by atoms with E-state index >= 15 is 0 Å². The van der Waals surface area contributed by atoms with E-state index in [0.717, 1.165) is 4.90 Å². The van der Waals surface area contributed by atoms with Gasteiger partial charge in [-0.3, -0.25) is 9.80 Å². The molecule has 4 rings (SSSR count). The van der Waals surface area contributed by atoms with Crippen LogP contribution in [0.2, 0.25) is 0 Å². The second-order valence-corrected chi connectivity index (χ2v) is 6.35. The number of pyridine rings is 1. The van der Waals surface area contributed by atoms with Gasteiger partial charge in [0.1, 0.15) is 11.9 Å². The van der Waals surface area contributed by atoms with Gasteiger partial charge in [-0.1, -0.05) is 0 Å². The fraction of sp³-hybridized carbons (Fsp3) is 0.278. The Balaban J connectivity index is 1.62. The summed E-state index contributed by atoms with van der Waals surface area (Å²) in [5.41, 5.74) is 0.0292. The van der Waals surface area contributed by atoms with Crippen LogP contribution >= 0.6 is 0 Å². The number of aliphatic hydroxyl groups is 1. The maximum Gasteiger partial charge on any atom is 0.414 e. The summed E-state index contributed by atoms with van der Waals surface area (Å²) in [6, 6.07) is 5.44. The average Bonchev–Trinajstić information content (AvgIpc) is 3.29. The smallest absolute Gasteiger partial charge is 0.414 e. The van der Waals surface area contributed by atoms with Crippen molar-refractivity contribution >= 4 is 23.6 Å². The number of aromatic nitrogens is 1. The third-order valence-electron chi connectivity index (χ3n) is 4.62. The van der Waals surface area contributed by atoms with E-state index in [9.17, 15) is 18.4 Å². The number of anilines is 2. The molecule has 2 aromatic rings. The van der Waals surface area contributed by atoms with Gasteiger partial charge in [0, 0.05) is 30.4 Å². The van der Waals surface area contributed by atoms with Crippen molar-refractivity contribution < 1.29 is 28.2 Å². The molecule has 2 aliphatic heterocycles. The van der Waals surface area contributed by atoms with Crippen molar-refractivity contribution in [2.45, 2.75) is 6.10 Å². The Bertz CT molecular complexity index is 938. The van der Waals surface area contributed by atoms with E-state index < -0.39 is 30.4 Å². The first kappa shape index (κ1) is 18.1. The first-order valence-corrected chi connectivity index (χ1v) is 8.58. The summed E-state index contributed by atoms with van der Waals surface area (Å²) in [7, 11) is 0. The maximum absolute atomic E-state index is 14.7. The Morgan fingerprint density at radius 3 is 2.61 bits per heavy atom. The fourth-order valence-electron chi connectivity index (χ4n) is 3.18. The zero-order valence-electron chi connectivity index (χ0n) is 14.6. The molecule has 1 atom stereocenters. The molecular formula is C18H16F2N4O4. The lowest BCUT2D eigenvalue weighted by Gasteiger charge is -2.16. The van der Waals surface area contributed by atoms with E-state index in [4.69, 9.17) is 9.84 Å². The molecule has 1 unspecified atom stereocenters. The Morgan fingerprint density at radius 2 is 2.00 bits per heavy atom. The Morgan fingerprint density at radius 1 is 1.18 bits per heavy atom. The quantitative estimate of drug-likeness (QED) is 0.831. The number of urea groups is 1. The van der Waals surface area contributed by atoms with Crippen molar-refractivity contribution in [2.24, 2.45) is 0 Å². The van der Waals surface area contributed by atoms with Gasteiger partial charge >= 0.3 is 12.1 Å². The summed E-state index contributed by atoms with van der Waals surface area (Å²) in [5.74, 6) is -1.92. The van der Waals surface area contributed by atoms with Crippen LogP contribution in [-0.2, 0) is 4.74 Å². The summed E-state index contributed by atoms with van der Waals surface area (Å²) in [6.07, 6.45) is -0.279. The zero-order chi connectivity index (χ0) is 19.8. The number of ether oxygens (including phenoxy) is 1. The average molecular weight is 390 g/mol. The van der Waals surface area contributed by atoms with Crippen molar-refractivity contribution in [3.8, 4) is 11.1 Å². The van der Waals surface area contributed by atoms with Crippen molar-refractivity contribution in [1.82, 2.24) is 10.3 Å². The lowest BCUT2D eigenvalue weighted by molar-refractivity contribution is 0.0963. The second kappa shape index (κ2) is 7.04. The van der Waals surface area contributed by atoms with E-state index in [1.54, 1.807) is 6.07 Å². The van der Waals surface area contributed by atoms with Gasteiger partial charge in [-0.15, -0.1) is 0 Å². The molecule has 0 spiro atoms. The molecule has 146 valence electrons. The predicted octanol–water partition coefficient (Wildman–Crippen LogP) is 1.87. The molecule has 8 nitrogen and oxygen atoms in total. The van der Waals surface area contributed by atoms with Crippen molar-refractivity contribution in [3.05, 3.63) is 42.1 Å². The van der Waals surface area contributed by atoms with Crippen LogP contribution in [0.4, 0.5) is 29.9 Å². The van der Waals surface area contributed by atoms with Crippen LogP contribution in [0.15, 0.2) is 30.5 Å². The molecule has 0 aliphatic carbocycles. The Labute approximate surface area is 158 Å². The summed E-state index contributed by atoms with van der Waals surface area (Å²) in [6.45, 7) is 0.514. The van der Waals surface area contributed by atoms with Gasteiger partial charge in [-0.25, -0.2) is 23.4 Å². The van der Waals surface area contributed by atoms with Crippen LogP contribution in [0.25, 0.3) is 11.1 Å². The monoisotopic (exact) mass is 390 g/mol. The molecule has 3 amide bonds. The van der Waals surface area contributed by atoms with Crippen LogP contribution < -0.4 is 15.1 Å². The van der Waals surface area contributed by atoms with Gasteiger partial charge in [0.25, 0.3) is 0 Å². The number of benzene rings is 1. The highest BCUT2D eigenvalue weighted by Crippen LogP contribution is 2.32. The first-order chi connectivity index (χ1) is 13.5. The van der Waals surface area contributed by atoms with Crippen molar-refractivity contribution in [1.29, 1.82) is 0 Å². The molecule has 2 N–H and O–H groups in total. The normalized spacial score (nSPS) is 19.2. The molecule has 2 fully saturated rings. The molecule has 2 aliphatic rings. The molecule has 1 aromatic heterocycles. The van der Waals surface area contributed by atoms with E-state index in [0.29, 0.717) is 24.5 Å². The number of carbonyl (C=O) groups is 2. The minimum absolute atomic E-state index is 0.0301. The number of hydrogen-bond donors (Lipinski definition) is 2. The van der Waals surface area contributed by atoms with Crippen molar-refractivity contribution in [2.75, 3.05) is 36.0 Å². The minimum atomic E-state index is -1.20. The molecule has 2 saturated heterocycles. The molecule has 0 bridgehead atoms. The number of nitrogens with one attached hydrogen (secondary N) is 1. The molecule has 1 aromatic carbocycles. The van der Waals surface area contributed by atoms with E-state index in [1.165, 1.54) is 29.3 Å². The summed E-state index contributed by atoms with van der Waals surface area (Å²) in [5, 5.41) is 11.7. The third-order valence-corrected chi connectivity index (χ3v) is 4.62. The standard InChI is InChI=1S/C18H16F2N4O4/c19-15-12(10-1-4-14(22-7-10)23-6-5-21-17(23)26)2-3-13(16(15)20)24-8-11(9-25)28-18(24)27/h1-4,7,11,25H,5-6,8-9H2,(H,21,26). The minimum Gasteiger partial charge on any atom is -0.441 e. The summed E-state index contributed by atoms with van der Waals surface area (Å²) < 4.78 is 34.1. The largest absolute Gasteiger partial charge is 0.441 e.